The molecule has 2 aromatic carbocycles. The molecule has 0 bridgehead atoms. The average molecular weight is 481 g/mol. The van der Waals surface area contributed by atoms with Crippen LogP contribution in [0.4, 0.5) is 4.39 Å². The van der Waals surface area contributed by atoms with E-state index in [1.165, 1.54) is 76.2 Å². The topological polar surface area (TPSA) is 18.5 Å². The normalized spacial score (nSPS) is 25.0. The van der Waals surface area contributed by atoms with Gasteiger partial charge in [0.1, 0.15) is 5.82 Å². The average Bonchev–Trinajstić information content (AvgIpc) is 2.90. The molecule has 1 aliphatic heterocycles. The number of rotatable bonds is 11. The van der Waals surface area contributed by atoms with E-state index in [1.807, 2.05) is 12.1 Å². The Morgan fingerprint density at radius 1 is 0.714 bits per heavy atom. The molecule has 2 aliphatic rings. The Kier molecular flexibility index (Phi) is 10.2. The van der Waals surface area contributed by atoms with Gasteiger partial charge in [-0.3, -0.25) is 0 Å². The standard InChI is InChI=1S/C32H45FO2/c1-3-5-7-9-24-11-13-26(14-12-24)27-15-17-28(18-16-27)30-20-19-29(21-31(30)33)32-34-22-25(23-35-32)10-8-6-4-2/h15-21,24-26,32H,3-14,22-23H2,1-2H3/t24-,25?,26-,32?. The minimum Gasteiger partial charge on any atom is -0.348 e. The minimum absolute atomic E-state index is 0.208. The van der Waals surface area contributed by atoms with Crippen LogP contribution in [0.2, 0.25) is 0 Å². The van der Waals surface area contributed by atoms with Crippen molar-refractivity contribution in [2.75, 3.05) is 13.2 Å². The van der Waals surface area contributed by atoms with Gasteiger partial charge in [0.15, 0.2) is 6.29 Å². The van der Waals surface area contributed by atoms with Crippen LogP contribution in [-0.4, -0.2) is 13.2 Å². The van der Waals surface area contributed by atoms with E-state index in [1.54, 1.807) is 6.07 Å². The highest BCUT2D eigenvalue weighted by Crippen LogP contribution is 2.38. The van der Waals surface area contributed by atoms with Crippen molar-refractivity contribution in [1.29, 1.82) is 0 Å². The third-order valence-electron chi connectivity index (χ3n) is 8.20. The monoisotopic (exact) mass is 480 g/mol. The molecule has 0 spiro atoms. The summed E-state index contributed by atoms with van der Waals surface area (Å²) in [6, 6.07) is 14.0. The molecule has 192 valence electrons. The van der Waals surface area contributed by atoms with Crippen LogP contribution in [0.5, 0.6) is 0 Å². The third-order valence-corrected chi connectivity index (χ3v) is 8.20. The van der Waals surface area contributed by atoms with E-state index in [2.05, 4.69) is 38.1 Å². The lowest BCUT2D eigenvalue weighted by Crippen LogP contribution is -2.27. The first-order valence-corrected chi connectivity index (χ1v) is 14.3. The maximum Gasteiger partial charge on any atom is 0.183 e. The van der Waals surface area contributed by atoms with Crippen molar-refractivity contribution in [3.05, 3.63) is 59.4 Å². The van der Waals surface area contributed by atoms with Gasteiger partial charge in [0.05, 0.1) is 13.2 Å². The molecule has 1 heterocycles. The van der Waals surface area contributed by atoms with E-state index in [-0.39, 0.29) is 5.82 Å². The number of benzene rings is 2. The Morgan fingerprint density at radius 2 is 1.31 bits per heavy atom. The van der Waals surface area contributed by atoms with E-state index < -0.39 is 6.29 Å². The fourth-order valence-electron chi connectivity index (χ4n) is 5.90. The summed E-state index contributed by atoms with van der Waals surface area (Å²) in [5.41, 5.74) is 3.77. The molecule has 1 saturated heterocycles. The van der Waals surface area contributed by atoms with E-state index >= 15 is 4.39 Å². The van der Waals surface area contributed by atoms with Crippen LogP contribution in [0.25, 0.3) is 11.1 Å². The third kappa shape index (κ3) is 7.40. The number of ether oxygens (including phenoxy) is 2. The van der Waals surface area contributed by atoms with Gasteiger partial charge in [0, 0.05) is 17.0 Å². The van der Waals surface area contributed by atoms with Crippen LogP contribution in [0.3, 0.4) is 0 Å². The second-order valence-electron chi connectivity index (χ2n) is 10.9. The van der Waals surface area contributed by atoms with Crippen molar-refractivity contribution >= 4 is 0 Å². The second kappa shape index (κ2) is 13.6. The first kappa shape index (κ1) is 26.4. The molecule has 2 nitrogen and oxygen atoms in total. The molecule has 0 unspecified atom stereocenters. The minimum atomic E-state index is -0.458. The van der Waals surface area contributed by atoms with Gasteiger partial charge in [0.2, 0.25) is 0 Å². The molecule has 3 heteroatoms. The molecule has 4 rings (SSSR count). The maximum absolute atomic E-state index is 15.1. The lowest BCUT2D eigenvalue weighted by Gasteiger charge is -2.30. The second-order valence-corrected chi connectivity index (χ2v) is 10.9. The van der Waals surface area contributed by atoms with Crippen LogP contribution in [0.15, 0.2) is 42.5 Å². The summed E-state index contributed by atoms with van der Waals surface area (Å²) in [5.74, 6) is 1.83. The van der Waals surface area contributed by atoms with Gasteiger partial charge in [-0.15, -0.1) is 0 Å². The summed E-state index contributed by atoms with van der Waals surface area (Å²) >= 11 is 0. The number of unbranched alkanes of at least 4 members (excludes halogenated alkanes) is 4. The predicted octanol–water partition coefficient (Wildman–Crippen LogP) is 9.59. The summed E-state index contributed by atoms with van der Waals surface area (Å²) in [6.07, 6.45) is 15.2. The summed E-state index contributed by atoms with van der Waals surface area (Å²) < 4.78 is 27.0. The first-order valence-electron chi connectivity index (χ1n) is 14.3. The van der Waals surface area contributed by atoms with Gasteiger partial charge in [0.25, 0.3) is 0 Å². The molecule has 1 saturated carbocycles. The van der Waals surface area contributed by atoms with Gasteiger partial charge in [-0.05, 0) is 61.1 Å². The number of hydrogen-bond acceptors (Lipinski definition) is 2. The van der Waals surface area contributed by atoms with Crippen LogP contribution in [0, 0.1) is 17.7 Å². The summed E-state index contributed by atoms with van der Waals surface area (Å²) in [5, 5.41) is 0. The molecule has 0 amide bonds. The number of halogens is 1. The maximum atomic E-state index is 15.1. The van der Waals surface area contributed by atoms with Crippen LogP contribution in [-0.2, 0) is 9.47 Å². The molecular weight excluding hydrogens is 435 g/mol. The largest absolute Gasteiger partial charge is 0.348 e. The summed E-state index contributed by atoms with van der Waals surface area (Å²) in [6.45, 7) is 5.89. The van der Waals surface area contributed by atoms with E-state index in [9.17, 15) is 0 Å². The van der Waals surface area contributed by atoms with Crippen molar-refractivity contribution in [1.82, 2.24) is 0 Å². The highest BCUT2D eigenvalue weighted by atomic mass is 19.1. The van der Waals surface area contributed by atoms with E-state index in [4.69, 9.17) is 9.47 Å². The van der Waals surface area contributed by atoms with Crippen LogP contribution >= 0.6 is 0 Å². The van der Waals surface area contributed by atoms with Crippen molar-refractivity contribution in [3.63, 3.8) is 0 Å². The smallest absolute Gasteiger partial charge is 0.183 e. The molecule has 0 N–H and O–H groups in total. The molecule has 0 aromatic heterocycles. The van der Waals surface area contributed by atoms with E-state index in [0.717, 1.165) is 23.5 Å². The predicted molar refractivity (Wildman–Crippen MR) is 143 cm³/mol. The Balaban J connectivity index is 1.30. The molecular formula is C32H45FO2. The van der Waals surface area contributed by atoms with Crippen molar-refractivity contribution in [2.45, 2.75) is 103 Å². The molecule has 0 atom stereocenters. The molecule has 1 aliphatic carbocycles. The van der Waals surface area contributed by atoms with Crippen molar-refractivity contribution in [2.24, 2.45) is 11.8 Å². The fourth-order valence-corrected chi connectivity index (χ4v) is 5.90. The lowest BCUT2D eigenvalue weighted by molar-refractivity contribution is -0.206. The molecule has 35 heavy (non-hydrogen) atoms. The van der Waals surface area contributed by atoms with E-state index in [0.29, 0.717) is 30.6 Å². The first-order chi connectivity index (χ1) is 17.2. The zero-order valence-electron chi connectivity index (χ0n) is 21.9. The highest BCUT2D eigenvalue weighted by molar-refractivity contribution is 5.65. The molecule has 2 fully saturated rings. The Labute approximate surface area is 212 Å². The van der Waals surface area contributed by atoms with Crippen molar-refractivity contribution < 1.29 is 13.9 Å². The lowest BCUT2D eigenvalue weighted by atomic mass is 9.77. The zero-order chi connectivity index (χ0) is 24.5. The highest BCUT2D eigenvalue weighted by Gasteiger charge is 2.25. The Bertz CT molecular complexity index is 877. The SMILES string of the molecule is CCCCCC1COC(c2ccc(-c3ccc([C@H]4CC[C@H](CCCCC)CC4)cc3)c(F)c2)OC1. The van der Waals surface area contributed by atoms with Gasteiger partial charge in [-0.2, -0.15) is 0 Å². The Morgan fingerprint density at radius 3 is 1.91 bits per heavy atom. The van der Waals surface area contributed by atoms with Crippen LogP contribution in [0.1, 0.15) is 114 Å². The molecule has 0 radical (unpaired) electrons. The quantitative estimate of drug-likeness (QED) is 0.298. The fraction of sp³-hybridized carbons (Fsp3) is 0.625. The van der Waals surface area contributed by atoms with Gasteiger partial charge < -0.3 is 9.47 Å². The van der Waals surface area contributed by atoms with Crippen LogP contribution < -0.4 is 0 Å². The number of hydrogen-bond donors (Lipinski definition) is 0. The van der Waals surface area contributed by atoms with Gasteiger partial charge >= 0.3 is 0 Å². The van der Waals surface area contributed by atoms with Gasteiger partial charge in [-0.25, -0.2) is 4.39 Å². The van der Waals surface area contributed by atoms with Gasteiger partial charge in [-0.1, -0.05) is 95.2 Å². The molecule has 2 aromatic rings. The summed E-state index contributed by atoms with van der Waals surface area (Å²) in [7, 11) is 0. The van der Waals surface area contributed by atoms with Crippen molar-refractivity contribution in [3.8, 4) is 11.1 Å². The summed E-state index contributed by atoms with van der Waals surface area (Å²) in [4.78, 5) is 0. The Hall–Kier alpha value is -1.71. The zero-order valence-corrected chi connectivity index (χ0v) is 21.9.